The molecule has 0 amide bonds. The molecule has 1 aromatic rings. The molecule has 1 N–H and O–H groups in total. The Bertz CT molecular complexity index is 360. The fourth-order valence-corrected chi connectivity index (χ4v) is 2.40. The third-order valence-electron chi connectivity index (χ3n) is 3.55. The Balaban J connectivity index is 3.12. The molecular weight excluding hydrogens is 210 g/mol. The first-order valence-electron chi connectivity index (χ1n) is 6.29. The zero-order chi connectivity index (χ0) is 13.0. The molecule has 2 heteroatoms. The largest absolute Gasteiger partial charge is 0.379 e. The van der Waals surface area contributed by atoms with Crippen LogP contribution in [0, 0.1) is 19.8 Å². The molecule has 0 saturated carbocycles. The normalized spacial score (nSPS) is 15.0. The van der Waals surface area contributed by atoms with E-state index in [0.717, 1.165) is 0 Å². The molecule has 0 aliphatic carbocycles. The minimum atomic E-state index is 0.195. The number of benzene rings is 1. The van der Waals surface area contributed by atoms with Crippen molar-refractivity contribution in [1.29, 1.82) is 0 Å². The second kappa shape index (κ2) is 6.18. The predicted octanol–water partition coefficient (Wildman–Crippen LogP) is 3.23. The third-order valence-corrected chi connectivity index (χ3v) is 3.55. The minimum absolute atomic E-state index is 0.195. The van der Waals surface area contributed by atoms with Crippen LogP contribution < -0.4 is 5.32 Å². The fraction of sp³-hybridized carbons (Fsp3) is 0.600. The van der Waals surface area contributed by atoms with Crippen LogP contribution in [0.4, 0.5) is 0 Å². The van der Waals surface area contributed by atoms with Crippen LogP contribution in [0.1, 0.15) is 36.6 Å². The quantitative estimate of drug-likeness (QED) is 0.846. The second-order valence-corrected chi connectivity index (χ2v) is 5.00. The minimum Gasteiger partial charge on any atom is -0.379 e. The molecule has 2 atom stereocenters. The summed E-state index contributed by atoms with van der Waals surface area (Å²) in [5.41, 5.74) is 4.03. The molecule has 0 bridgehead atoms. The van der Waals surface area contributed by atoms with Crippen molar-refractivity contribution in [3.63, 3.8) is 0 Å². The van der Waals surface area contributed by atoms with Crippen molar-refractivity contribution in [2.45, 2.75) is 39.8 Å². The number of methoxy groups -OCH3 is 1. The zero-order valence-electron chi connectivity index (χ0n) is 11.9. The van der Waals surface area contributed by atoms with Crippen LogP contribution in [0.5, 0.6) is 0 Å². The number of hydrogen-bond donors (Lipinski definition) is 1. The Morgan fingerprint density at radius 3 is 2.29 bits per heavy atom. The summed E-state index contributed by atoms with van der Waals surface area (Å²) < 4.78 is 5.65. The number of aryl methyl sites for hydroxylation is 1. The average molecular weight is 235 g/mol. The van der Waals surface area contributed by atoms with E-state index >= 15 is 0 Å². The first kappa shape index (κ1) is 14.2. The Morgan fingerprint density at radius 2 is 1.82 bits per heavy atom. The number of likely N-dealkylation sites (N-methyl/N-ethyl adjacent to an activating group) is 1. The Morgan fingerprint density at radius 1 is 1.18 bits per heavy atom. The van der Waals surface area contributed by atoms with Crippen LogP contribution in [0.3, 0.4) is 0 Å². The monoisotopic (exact) mass is 235 g/mol. The van der Waals surface area contributed by atoms with Crippen molar-refractivity contribution in [1.82, 2.24) is 5.32 Å². The molecule has 2 unspecified atom stereocenters. The van der Waals surface area contributed by atoms with E-state index in [0.29, 0.717) is 5.92 Å². The lowest BCUT2D eigenvalue weighted by Gasteiger charge is -2.30. The summed E-state index contributed by atoms with van der Waals surface area (Å²) in [6, 6.07) is 6.72. The molecule has 0 aliphatic heterocycles. The summed E-state index contributed by atoms with van der Waals surface area (Å²) >= 11 is 0. The van der Waals surface area contributed by atoms with Gasteiger partial charge in [0.15, 0.2) is 0 Å². The fourth-order valence-electron chi connectivity index (χ4n) is 2.40. The summed E-state index contributed by atoms with van der Waals surface area (Å²) in [4.78, 5) is 0. The van der Waals surface area contributed by atoms with Gasteiger partial charge in [-0.05, 0) is 43.5 Å². The molecule has 1 rings (SSSR count). The predicted molar refractivity (Wildman–Crippen MR) is 73.4 cm³/mol. The number of ether oxygens (including phenoxy) is 1. The van der Waals surface area contributed by atoms with E-state index in [4.69, 9.17) is 4.74 Å². The lowest BCUT2D eigenvalue weighted by atomic mass is 9.89. The third kappa shape index (κ3) is 3.08. The maximum atomic E-state index is 5.65. The SMILES string of the molecule is CNC(c1cccc(C)c1C)C(OC)C(C)C. The van der Waals surface area contributed by atoms with Crippen LogP contribution >= 0.6 is 0 Å². The maximum absolute atomic E-state index is 5.65. The van der Waals surface area contributed by atoms with Gasteiger partial charge in [0.1, 0.15) is 0 Å². The van der Waals surface area contributed by atoms with Gasteiger partial charge in [0.2, 0.25) is 0 Å². The molecular formula is C15H25NO. The van der Waals surface area contributed by atoms with Gasteiger partial charge in [-0.3, -0.25) is 0 Å². The van der Waals surface area contributed by atoms with Gasteiger partial charge in [-0.2, -0.15) is 0 Å². The topological polar surface area (TPSA) is 21.3 Å². The number of rotatable bonds is 5. The molecule has 0 saturated heterocycles. The zero-order valence-corrected chi connectivity index (χ0v) is 11.9. The summed E-state index contributed by atoms with van der Waals surface area (Å²) in [5.74, 6) is 0.484. The van der Waals surface area contributed by atoms with Crippen LogP contribution in [-0.4, -0.2) is 20.3 Å². The van der Waals surface area contributed by atoms with Gasteiger partial charge in [-0.15, -0.1) is 0 Å². The van der Waals surface area contributed by atoms with Crippen molar-refractivity contribution in [2.75, 3.05) is 14.2 Å². The highest BCUT2D eigenvalue weighted by Gasteiger charge is 2.25. The Labute approximate surface area is 105 Å². The average Bonchev–Trinajstić information content (AvgIpc) is 2.29. The number of hydrogen-bond acceptors (Lipinski definition) is 2. The molecule has 96 valence electrons. The second-order valence-electron chi connectivity index (χ2n) is 5.00. The summed E-state index contributed by atoms with van der Waals surface area (Å²) in [6.07, 6.45) is 0.195. The summed E-state index contributed by atoms with van der Waals surface area (Å²) in [6.45, 7) is 8.73. The molecule has 2 nitrogen and oxygen atoms in total. The Kier molecular flexibility index (Phi) is 5.16. The summed E-state index contributed by atoms with van der Waals surface area (Å²) in [7, 11) is 3.79. The van der Waals surface area contributed by atoms with Gasteiger partial charge in [0, 0.05) is 7.11 Å². The van der Waals surface area contributed by atoms with Crippen molar-refractivity contribution in [3.05, 3.63) is 34.9 Å². The van der Waals surface area contributed by atoms with Gasteiger partial charge in [0.25, 0.3) is 0 Å². The van der Waals surface area contributed by atoms with Gasteiger partial charge in [-0.25, -0.2) is 0 Å². The summed E-state index contributed by atoms with van der Waals surface area (Å²) in [5, 5.41) is 3.39. The van der Waals surface area contributed by atoms with E-state index in [1.54, 1.807) is 7.11 Å². The van der Waals surface area contributed by atoms with Crippen molar-refractivity contribution in [2.24, 2.45) is 5.92 Å². The molecule has 1 aromatic carbocycles. The van der Waals surface area contributed by atoms with E-state index in [2.05, 4.69) is 51.2 Å². The van der Waals surface area contributed by atoms with Gasteiger partial charge in [0.05, 0.1) is 12.1 Å². The van der Waals surface area contributed by atoms with Crippen LogP contribution in [0.15, 0.2) is 18.2 Å². The molecule has 0 radical (unpaired) electrons. The van der Waals surface area contributed by atoms with Crippen LogP contribution in [0.2, 0.25) is 0 Å². The number of nitrogens with one attached hydrogen (secondary N) is 1. The lowest BCUT2D eigenvalue weighted by Crippen LogP contribution is -2.35. The molecule has 17 heavy (non-hydrogen) atoms. The highest BCUT2D eigenvalue weighted by atomic mass is 16.5. The van der Waals surface area contributed by atoms with E-state index in [-0.39, 0.29) is 12.1 Å². The van der Waals surface area contributed by atoms with E-state index in [1.165, 1.54) is 16.7 Å². The van der Waals surface area contributed by atoms with Crippen LogP contribution in [-0.2, 0) is 4.74 Å². The van der Waals surface area contributed by atoms with Gasteiger partial charge < -0.3 is 10.1 Å². The molecule has 0 aromatic heterocycles. The van der Waals surface area contributed by atoms with E-state index in [9.17, 15) is 0 Å². The maximum Gasteiger partial charge on any atom is 0.0788 e. The van der Waals surface area contributed by atoms with Gasteiger partial charge >= 0.3 is 0 Å². The van der Waals surface area contributed by atoms with E-state index in [1.807, 2.05) is 7.05 Å². The van der Waals surface area contributed by atoms with Crippen molar-refractivity contribution < 1.29 is 4.74 Å². The van der Waals surface area contributed by atoms with Crippen molar-refractivity contribution in [3.8, 4) is 0 Å². The molecule has 0 fully saturated rings. The Hall–Kier alpha value is -0.860. The van der Waals surface area contributed by atoms with Crippen molar-refractivity contribution >= 4 is 0 Å². The highest BCUT2D eigenvalue weighted by molar-refractivity contribution is 5.36. The highest BCUT2D eigenvalue weighted by Crippen LogP contribution is 2.27. The van der Waals surface area contributed by atoms with Gasteiger partial charge in [-0.1, -0.05) is 32.0 Å². The van der Waals surface area contributed by atoms with E-state index < -0.39 is 0 Å². The molecule has 0 heterocycles. The first-order chi connectivity index (χ1) is 8.02. The smallest absolute Gasteiger partial charge is 0.0788 e. The first-order valence-corrected chi connectivity index (χ1v) is 6.29. The molecule has 0 spiro atoms. The lowest BCUT2D eigenvalue weighted by molar-refractivity contribution is 0.0346. The van der Waals surface area contributed by atoms with Crippen LogP contribution in [0.25, 0.3) is 0 Å². The standard InChI is InChI=1S/C15H25NO/c1-10(2)15(17-6)14(16-5)13-9-7-8-11(3)12(13)4/h7-10,14-16H,1-6H3. The molecule has 0 aliphatic rings.